The van der Waals surface area contributed by atoms with E-state index in [1.165, 1.54) is 16.2 Å². The highest BCUT2D eigenvalue weighted by Gasteiger charge is 2.61. The number of hydrogen-bond donors (Lipinski definition) is 1. The molecule has 3 aromatic rings. The van der Waals surface area contributed by atoms with Crippen LogP contribution in [0.25, 0.3) is 0 Å². The molecule has 1 amide bonds. The topological polar surface area (TPSA) is 119 Å². The monoisotopic (exact) mass is 526 g/mol. The summed E-state index contributed by atoms with van der Waals surface area (Å²) in [4.78, 5) is 38.0. The second kappa shape index (κ2) is 9.89. The lowest BCUT2D eigenvalue weighted by atomic mass is 9.83. The molecule has 0 aliphatic carbocycles. The third kappa shape index (κ3) is 4.86. The summed E-state index contributed by atoms with van der Waals surface area (Å²) in [6.45, 7) is 11.8. The number of carboxylic acid groups (broad SMARTS) is 1. The average molecular weight is 527 g/mol. The van der Waals surface area contributed by atoms with Crippen molar-refractivity contribution in [2.75, 3.05) is 7.11 Å². The van der Waals surface area contributed by atoms with Crippen molar-refractivity contribution in [1.29, 1.82) is 0 Å². The molecule has 2 aromatic heterocycles. The molecule has 1 N–H and O–H groups in total. The number of carboxylic acids is 1. The summed E-state index contributed by atoms with van der Waals surface area (Å²) < 4.78 is 10.9. The summed E-state index contributed by atoms with van der Waals surface area (Å²) in [6.07, 6.45) is 2.07. The van der Waals surface area contributed by atoms with Gasteiger partial charge in [-0.1, -0.05) is 45.8 Å². The van der Waals surface area contributed by atoms with Gasteiger partial charge in [0.05, 0.1) is 19.1 Å². The Kier molecular flexibility index (Phi) is 7.16. The molecule has 0 bridgehead atoms. The van der Waals surface area contributed by atoms with Crippen molar-refractivity contribution in [3.63, 3.8) is 0 Å². The molecule has 0 spiro atoms. The summed E-state index contributed by atoms with van der Waals surface area (Å²) in [6, 6.07) is 4.66. The number of amides is 1. The molecule has 3 atom stereocenters. The minimum Gasteiger partial charge on any atom is -0.496 e. The second-order valence-electron chi connectivity index (χ2n) is 11.1. The van der Waals surface area contributed by atoms with E-state index in [1.807, 2.05) is 25.3 Å². The van der Waals surface area contributed by atoms with Gasteiger partial charge in [0.25, 0.3) is 5.91 Å². The van der Waals surface area contributed by atoms with Gasteiger partial charge < -0.3 is 19.3 Å². The third-order valence-corrected chi connectivity index (χ3v) is 7.72. The summed E-state index contributed by atoms with van der Waals surface area (Å²) in [5.74, 6) is -0.613. The van der Waals surface area contributed by atoms with Crippen LogP contribution < -0.4 is 4.74 Å². The molecule has 0 unspecified atom stereocenters. The van der Waals surface area contributed by atoms with Crippen molar-refractivity contribution in [3.8, 4) is 5.75 Å². The van der Waals surface area contributed by atoms with Gasteiger partial charge in [0.1, 0.15) is 16.3 Å². The van der Waals surface area contributed by atoms with E-state index in [4.69, 9.17) is 9.26 Å². The average Bonchev–Trinajstić information content (AvgIpc) is 3.56. The number of thiazole rings is 1. The SMILES string of the molecule is COc1cc(C(=O)N2[C@@H](c3nccs3)[C@@H](c3noc(C)n3)C[C@@]2(CC(C)C)C(=O)O)ccc1C(C)(C)C. The first-order valence-corrected chi connectivity index (χ1v) is 13.2. The van der Waals surface area contributed by atoms with Gasteiger partial charge in [-0.3, -0.25) is 4.79 Å². The second-order valence-corrected chi connectivity index (χ2v) is 12.0. The van der Waals surface area contributed by atoms with Crippen LogP contribution in [-0.2, 0) is 10.2 Å². The number of carbonyl (C=O) groups is 2. The summed E-state index contributed by atoms with van der Waals surface area (Å²) in [7, 11) is 1.57. The number of nitrogens with zero attached hydrogens (tertiary/aromatic N) is 4. The van der Waals surface area contributed by atoms with Crippen molar-refractivity contribution in [3.05, 3.63) is 57.6 Å². The molecule has 1 saturated heterocycles. The van der Waals surface area contributed by atoms with Crippen molar-refractivity contribution in [1.82, 2.24) is 20.0 Å². The van der Waals surface area contributed by atoms with Crippen LogP contribution in [0.1, 0.15) is 92.1 Å². The Bertz CT molecular complexity index is 1280. The number of carbonyl (C=O) groups excluding carboxylic acids is 1. The van der Waals surface area contributed by atoms with Gasteiger partial charge >= 0.3 is 5.97 Å². The van der Waals surface area contributed by atoms with Crippen LogP contribution in [-0.4, -0.2) is 49.7 Å². The number of benzene rings is 1. The lowest BCUT2D eigenvalue weighted by molar-refractivity contribution is -0.150. The summed E-state index contributed by atoms with van der Waals surface area (Å²) in [5.41, 5.74) is -0.382. The number of ether oxygens (including phenoxy) is 1. The number of aliphatic carboxylic acids is 1. The Morgan fingerprint density at radius 3 is 2.57 bits per heavy atom. The van der Waals surface area contributed by atoms with E-state index < -0.39 is 29.4 Å². The van der Waals surface area contributed by atoms with Crippen LogP contribution >= 0.6 is 11.3 Å². The number of aromatic nitrogens is 3. The Morgan fingerprint density at radius 1 is 1.32 bits per heavy atom. The fourth-order valence-electron chi connectivity index (χ4n) is 5.42. The van der Waals surface area contributed by atoms with Gasteiger partial charge in [-0.25, -0.2) is 9.78 Å². The van der Waals surface area contributed by atoms with E-state index in [0.717, 1.165) is 5.56 Å². The van der Waals surface area contributed by atoms with E-state index in [-0.39, 0.29) is 24.2 Å². The minimum absolute atomic E-state index is 0.00639. The molecule has 3 heterocycles. The molecule has 1 aromatic carbocycles. The van der Waals surface area contributed by atoms with Gasteiger partial charge in [0, 0.05) is 24.1 Å². The molecule has 9 nitrogen and oxygen atoms in total. The molecule has 10 heteroatoms. The molecule has 1 aliphatic rings. The third-order valence-electron chi connectivity index (χ3n) is 6.88. The smallest absolute Gasteiger partial charge is 0.329 e. The Morgan fingerprint density at radius 2 is 2.05 bits per heavy atom. The van der Waals surface area contributed by atoms with Crippen molar-refractivity contribution in [2.45, 2.75) is 77.3 Å². The van der Waals surface area contributed by atoms with Crippen LogP contribution in [0.15, 0.2) is 34.3 Å². The van der Waals surface area contributed by atoms with E-state index in [0.29, 0.717) is 28.0 Å². The summed E-state index contributed by atoms with van der Waals surface area (Å²) >= 11 is 1.38. The minimum atomic E-state index is -1.49. The van der Waals surface area contributed by atoms with Gasteiger partial charge in [0.15, 0.2) is 5.82 Å². The maximum Gasteiger partial charge on any atom is 0.329 e. The molecule has 198 valence electrons. The molecule has 1 fully saturated rings. The lowest BCUT2D eigenvalue weighted by Gasteiger charge is -2.38. The van der Waals surface area contributed by atoms with E-state index in [9.17, 15) is 14.7 Å². The fourth-order valence-corrected chi connectivity index (χ4v) is 6.21. The quantitative estimate of drug-likeness (QED) is 0.436. The van der Waals surface area contributed by atoms with E-state index >= 15 is 0 Å². The van der Waals surface area contributed by atoms with Crippen LogP contribution in [0.3, 0.4) is 0 Å². The fraction of sp³-hybridized carbons (Fsp3) is 0.519. The van der Waals surface area contributed by atoms with Crippen molar-refractivity contribution >= 4 is 23.2 Å². The van der Waals surface area contributed by atoms with E-state index in [1.54, 1.807) is 32.4 Å². The predicted molar refractivity (Wildman–Crippen MR) is 139 cm³/mol. The molecule has 37 heavy (non-hydrogen) atoms. The Labute approximate surface area is 220 Å². The number of methoxy groups -OCH3 is 1. The first kappa shape index (κ1) is 26.8. The molecular formula is C27H34N4O5S. The maximum atomic E-state index is 14.4. The largest absolute Gasteiger partial charge is 0.496 e. The Balaban J connectivity index is 1.92. The zero-order chi connectivity index (χ0) is 27.1. The predicted octanol–water partition coefficient (Wildman–Crippen LogP) is 5.38. The molecular weight excluding hydrogens is 492 g/mol. The normalized spacial score (nSPS) is 22.0. The van der Waals surface area contributed by atoms with Crippen molar-refractivity contribution < 1.29 is 24.0 Å². The van der Waals surface area contributed by atoms with Gasteiger partial charge in [-0.05, 0) is 41.9 Å². The lowest BCUT2D eigenvalue weighted by Crippen LogP contribution is -2.54. The highest BCUT2D eigenvalue weighted by molar-refractivity contribution is 7.09. The highest BCUT2D eigenvalue weighted by Crippen LogP contribution is 2.54. The first-order chi connectivity index (χ1) is 17.4. The number of aryl methyl sites for hydroxylation is 1. The van der Waals surface area contributed by atoms with Crippen LogP contribution in [0.4, 0.5) is 0 Å². The van der Waals surface area contributed by atoms with Crippen LogP contribution in [0.5, 0.6) is 5.75 Å². The number of likely N-dealkylation sites (tertiary alicyclic amines) is 1. The van der Waals surface area contributed by atoms with E-state index in [2.05, 4.69) is 35.9 Å². The summed E-state index contributed by atoms with van der Waals surface area (Å²) in [5, 5.41) is 17.3. The van der Waals surface area contributed by atoms with Crippen LogP contribution in [0.2, 0.25) is 0 Å². The molecule has 1 aliphatic heterocycles. The van der Waals surface area contributed by atoms with Crippen LogP contribution in [0, 0.1) is 12.8 Å². The molecule has 0 saturated carbocycles. The number of rotatable bonds is 7. The highest BCUT2D eigenvalue weighted by atomic mass is 32.1. The van der Waals surface area contributed by atoms with Gasteiger partial charge in [-0.15, -0.1) is 11.3 Å². The molecule has 4 rings (SSSR count). The zero-order valence-corrected chi connectivity index (χ0v) is 23.1. The van der Waals surface area contributed by atoms with Gasteiger partial charge in [0.2, 0.25) is 5.89 Å². The number of hydrogen-bond acceptors (Lipinski definition) is 8. The van der Waals surface area contributed by atoms with Crippen molar-refractivity contribution in [2.24, 2.45) is 5.92 Å². The Hall–Kier alpha value is -3.27. The maximum absolute atomic E-state index is 14.4. The zero-order valence-electron chi connectivity index (χ0n) is 22.3. The van der Waals surface area contributed by atoms with Gasteiger partial charge in [-0.2, -0.15) is 4.98 Å². The first-order valence-electron chi connectivity index (χ1n) is 12.3. The molecule has 0 radical (unpaired) electrons. The standard InChI is InChI=1S/C27H34N4O5S/c1-15(2)13-27(25(33)34)14-18(22-29-16(3)36-30-22)21(23-28-10-11-37-23)31(27)24(32)17-8-9-19(26(4,5)6)20(12-17)35-7/h8-12,15,18,21H,13-14H2,1-7H3,(H,33,34)/t18-,21+,27-/m0/s1.